The summed E-state index contributed by atoms with van der Waals surface area (Å²) in [5.41, 5.74) is 15.0. The molecule has 12 aromatic rings. The molecule has 0 spiro atoms. The van der Waals surface area contributed by atoms with Crippen LogP contribution < -0.4 is 0 Å². The van der Waals surface area contributed by atoms with Gasteiger partial charge in [-0.25, -0.2) is 19.6 Å². The molecule has 0 aliphatic heterocycles. The Morgan fingerprint density at radius 2 is 0.852 bits per heavy atom. The van der Waals surface area contributed by atoms with Crippen molar-refractivity contribution >= 4 is 54.4 Å². The number of aromatic nitrogens is 5. The first kappa shape index (κ1) is 34.7. The lowest BCUT2D eigenvalue weighted by atomic mass is 9.92. The molecule has 61 heavy (non-hydrogen) atoms. The summed E-state index contributed by atoms with van der Waals surface area (Å²) in [5.74, 6) is 0. The first-order valence-corrected chi connectivity index (χ1v) is 20.6. The van der Waals surface area contributed by atoms with Gasteiger partial charge in [0.25, 0.3) is 0 Å². The fraction of sp³-hybridized carbons (Fsp3) is 0. The Bertz CT molecular complexity index is 3620. The average Bonchev–Trinajstić information content (AvgIpc) is 3.75. The molecule has 5 heteroatoms. The molecule has 0 fully saturated rings. The van der Waals surface area contributed by atoms with Crippen LogP contribution >= 0.6 is 0 Å². The average molecular weight is 778 g/mol. The third kappa shape index (κ3) is 6.02. The van der Waals surface area contributed by atoms with Crippen LogP contribution in [0.15, 0.2) is 212 Å². The lowest BCUT2D eigenvalue weighted by Crippen LogP contribution is -1.97. The highest BCUT2D eigenvalue weighted by atomic mass is 15.3. The van der Waals surface area contributed by atoms with E-state index in [0.717, 1.165) is 116 Å². The van der Waals surface area contributed by atoms with E-state index in [4.69, 9.17) is 20.1 Å². The number of para-hydroxylation sites is 1. The minimum Gasteiger partial charge on any atom is -0.248 e. The number of benzene rings is 8. The van der Waals surface area contributed by atoms with Crippen molar-refractivity contribution in [2.45, 2.75) is 0 Å². The molecule has 4 heterocycles. The second-order valence-corrected chi connectivity index (χ2v) is 15.5. The lowest BCUT2D eigenvalue weighted by Gasteiger charge is -2.13. The molecule has 8 aromatic carbocycles. The first-order chi connectivity index (χ1) is 30.2. The number of rotatable bonds is 6. The maximum atomic E-state index is 5.38. The molecule has 0 saturated carbocycles. The van der Waals surface area contributed by atoms with Gasteiger partial charge in [-0.1, -0.05) is 158 Å². The fourth-order valence-corrected chi connectivity index (χ4v) is 8.74. The van der Waals surface area contributed by atoms with Crippen LogP contribution in [0, 0.1) is 0 Å². The number of fused-ring (bicyclic) bond motifs is 7. The molecular weight excluding hydrogens is 743 g/mol. The van der Waals surface area contributed by atoms with E-state index in [1.54, 1.807) is 0 Å². The molecule has 0 amide bonds. The zero-order chi connectivity index (χ0) is 40.3. The molecule has 0 atom stereocenters. The van der Waals surface area contributed by atoms with E-state index < -0.39 is 0 Å². The zero-order valence-electron chi connectivity index (χ0n) is 32.9. The molecule has 0 N–H and O–H groups in total. The molecule has 0 bridgehead atoms. The van der Waals surface area contributed by atoms with E-state index in [1.165, 1.54) is 0 Å². The summed E-state index contributed by atoms with van der Waals surface area (Å²) in [4.78, 5) is 15.6. The Labute approximate surface area is 351 Å². The predicted molar refractivity (Wildman–Crippen MR) is 252 cm³/mol. The minimum atomic E-state index is 0.896. The Morgan fingerprint density at radius 3 is 1.52 bits per heavy atom. The van der Waals surface area contributed by atoms with Gasteiger partial charge in [-0.05, 0) is 71.1 Å². The topological polar surface area (TPSA) is 56.5 Å². The van der Waals surface area contributed by atoms with E-state index in [9.17, 15) is 0 Å². The second kappa shape index (κ2) is 14.2. The highest BCUT2D eigenvalue weighted by molar-refractivity contribution is 6.18. The van der Waals surface area contributed by atoms with Crippen LogP contribution in [-0.4, -0.2) is 24.7 Å². The van der Waals surface area contributed by atoms with Crippen LogP contribution in [0.5, 0.6) is 0 Å². The van der Waals surface area contributed by atoms with Gasteiger partial charge in [-0.15, -0.1) is 0 Å². The number of hydrogen-bond donors (Lipinski definition) is 0. The number of hydrogen-bond acceptors (Lipinski definition) is 4. The summed E-state index contributed by atoms with van der Waals surface area (Å²) < 4.78 is 2.12. The van der Waals surface area contributed by atoms with Gasteiger partial charge < -0.3 is 0 Å². The van der Waals surface area contributed by atoms with Gasteiger partial charge in [0, 0.05) is 49.2 Å². The maximum Gasteiger partial charge on any atom is 0.101 e. The smallest absolute Gasteiger partial charge is 0.101 e. The molecule has 0 saturated heterocycles. The second-order valence-electron chi connectivity index (χ2n) is 15.5. The van der Waals surface area contributed by atoms with Gasteiger partial charge in [0.05, 0.1) is 44.8 Å². The molecular formula is C56H35N5. The van der Waals surface area contributed by atoms with E-state index in [1.807, 2.05) is 24.3 Å². The Balaban J connectivity index is 0.982. The molecule has 0 aliphatic rings. The minimum absolute atomic E-state index is 0.896. The SMILES string of the molecule is c1ccc(-c2ccc3ccc4ccc(-c5ccc6nc(-c7ccc8cc(-c9ccccc9)c9c(-c%10ccccc%10)nn(-c%10ccccc%10)c9c8c7)ccc6c5)nc4c3n2)cc1. The highest BCUT2D eigenvalue weighted by Gasteiger charge is 2.22. The van der Waals surface area contributed by atoms with Gasteiger partial charge >= 0.3 is 0 Å². The quantitative estimate of drug-likeness (QED) is 0.158. The summed E-state index contributed by atoms with van der Waals surface area (Å²) in [7, 11) is 0. The zero-order valence-corrected chi connectivity index (χ0v) is 32.9. The summed E-state index contributed by atoms with van der Waals surface area (Å²) in [6.07, 6.45) is 0. The maximum absolute atomic E-state index is 5.38. The third-order valence-electron chi connectivity index (χ3n) is 11.8. The molecule has 5 nitrogen and oxygen atoms in total. The Hall–Kier alpha value is -8.28. The van der Waals surface area contributed by atoms with Crippen LogP contribution in [0.3, 0.4) is 0 Å². The van der Waals surface area contributed by atoms with Crippen LogP contribution in [0.25, 0.3) is 116 Å². The normalized spacial score (nSPS) is 11.6. The largest absolute Gasteiger partial charge is 0.248 e. The monoisotopic (exact) mass is 777 g/mol. The molecule has 4 aromatic heterocycles. The standard InChI is InChI=1S/C56H35N5/c1-5-13-36(14-6-1)46-34-41-23-24-44(35-47(41)56-52(46)53(38-17-9-3-10-18-38)60-61(56)45-19-11-4-12-20-45)50-32-27-42-33-43(28-31-49(42)57-50)51-30-26-40-22-21-39-25-29-48(37-15-7-2-8-16-37)58-54(39)55(40)59-51/h1-35H. The van der Waals surface area contributed by atoms with Crippen LogP contribution in [-0.2, 0) is 0 Å². The van der Waals surface area contributed by atoms with Crippen LogP contribution in [0.1, 0.15) is 0 Å². The predicted octanol–water partition coefficient (Wildman–Crippen LogP) is 14.2. The summed E-state index contributed by atoms with van der Waals surface area (Å²) in [5, 5.41) is 11.9. The number of nitrogens with zero attached hydrogens (tertiary/aromatic N) is 5. The molecule has 0 aliphatic carbocycles. The third-order valence-corrected chi connectivity index (χ3v) is 11.8. The molecule has 0 unspecified atom stereocenters. The van der Waals surface area contributed by atoms with Gasteiger partial charge in [0.15, 0.2) is 0 Å². The van der Waals surface area contributed by atoms with Crippen molar-refractivity contribution in [2.24, 2.45) is 0 Å². The first-order valence-electron chi connectivity index (χ1n) is 20.6. The van der Waals surface area contributed by atoms with Crippen molar-refractivity contribution in [1.29, 1.82) is 0 Å². The van der Waals surface area contributed by atoms with Gasteiger partial charge in [0.2, 0.25) is 0 Å². The van der Waals surface area contributed by atoms with Crippen molar-refractivity contribution < 1.29 is 0 Å². The van der Waals surface area contributed by atoms with E-state index in [-0.39, 0.29) is 0 Å². The van der Waals surface area contributed by atoms with Crippen molar-refractivity contribution in [2.75, 3.05) is 0 Å². The van der Waals surface area contributed by atoms with Crippen molar-refractivity contribution in [3.8, 4) is 61.8 Å². The van der Waals surface area contributed by atoms with Crippen molar-refractivity contribution in [1.82, 2.24) is 24.7 Å². The highest BCUT2D eigenvalue weighted by Crippen LogP contribution is 2.43. The molecule has 0 radical (unpaired) electrons. The summed E-state index contributed by atoms with van der Waals surface area (Å²) in [6.45, 7) is 0. The number of pyridine rings is 3. The Morgan fingerprint density at radius 1 is 0.344 bits per heavy atom. The van der Waals surface area contributed by atoms with Crippen LogP contribution in [0.4, 0.5) is 0 Å². The van der Waals surface area contributed by atoms with Crippen molar-refractivity contribution in [3.63, 3.8) is 0 Å². The lowest BCUT2D eigenvalue weighted by molar-refractivity contribution is 0.918. The molecule has 12 rings (SSSR count). The van der Waals surface area contributed by atoms with E-state index in [2.05, 4.69) is 193 Å². The summed E-state index contributed by atoms with van der Waals surface area (Å²) >= 11 is 0. The fourth-order valence-electron chi connectivity index (χ4n) is 8.74. The van der Waals surface area contributed by atoms with Crippen LogP contribution in [0.2, 0.25) is 0 Å². The Kier molecular flexibility index (Phi) is 8.10. The summed E-state index contributed by atoms with van der Waals surface area (Å²) in [6, 6.07) is 74.3. The van der Waals surface area contributed by atoms with E-state index >= 15 is 0 Å². The van der Waals surface area contributed by atoms with Gasteiger partial charge in [-0.3, -0.25) is 0 Å². The van der Waals surface area contributed by atoms with Crippen molar-refractivity contribution in [3.05, 3.63) is 212 Å². The van der Waals surface area contributed by atoms with Gasteiger partial charge in [0.1, 0.15) is 5.69 Å². The van der Waals surface area contributed by atoms with E-state index in [0.29, 0.717) is 0 Å². The molecule has 284 valence electrons. The van der Waals surface area contributed by atoms with Gasteiger partial charge in [-0.2, -0.15) is 5.10 Å².